The zero-order chi connectivity index (χ0) is 31.7. The van der Waals surface area contributed by atoms with Crippen molar-refractivity contribution in [3.8, 4) is 11.5 Å². The minimum absolute atomic E-state index is 0.00795. The molecule has 1 aliphatic heterocycles. The van der Waals surface area contributed by atoms with Crippen molar-refractivity contribution in [2.24, 2.45) is 0 Å². The zero-order valence-electron chi connectivity index (χ0n) is 26.0. The number of ether oxygens (including phenoxy) is 5. The molecular formula is C30H47N5O9. The van der Waals surface area contributed by atoms with Gasteiger partial charge in [0.1, 0.15) is 11.5 Å². The Balaban J connectivity index is 1.28. The number of nitrogens with one attached hydrogen (secondary N) is 2. The first kappa shape index (κ1) is 35.2. The molecule has 1 saturated heterocycles. The van der Waals surface area contributed by atoms with Crippen LogP contribution in [0.2, 0.25) is 0 Å². The second-order valence-corrected chi connectivity index (χ2v) is 10.6. The first-order valence-corrected chi connectivity index (χ1v) is 15.1. The Hall–Kier alpha value is -3.27. The zero-order valence-corrected chi connectivity index (χ0v) is 26.0. The maximum Gasteiger partial charge on any atom is 0.335 e. The van der Waals surface area contributed by atoms with Gasteiger partial charge in [0.25, 0.3) is 0 Å². The van der Waals surface area contributed by atoms with E-state index in [2.05, 4.69) is 20.6 Å². The van der Waals surface area contributed by atoms with Gasteiger partial charge in [0.05, 0.1) is 70.5 Å². The van der Waals surface area contributed by atoms with Gasteiger partial charge < -0.3 is 33.9 Å². The van der Waals surface area contributed by atoms with Gasteiger partial charge >= 0.3 is 11.9 Å². The predicted molar refractivity (Wildman–Crippen MR) is 161 cm³/mol. The van der Waals surface area contributed by atoms with Gasteiger partial charge in [-0.15, -0.1) is 0 Å². The summed E-state index contributed by atoms with van der Waals surface area (Å²) in [7, 11) is 1.97. The number of carbonyl (C=O) groups is 2. The fourth-order valence-electron chi connectivity index (χ4n) is 4.79. The SMILES string of the molecule is Cc1n[nH]c(C)c1CCCOc1cc(OCCCC2CN(CCOCCOCCOCCC(=O)O)N(C)N2)cc(C(=O)O)c1. The van der Waals surface area contributed by atoms with Gasteiger partial charge in [-0.05, 0) is 57.2 Å². The fourth-order valence-corrected chi connectivity index (χ4v) is 4.79. The number of nitrogens with zero attached hydrogens (tertiary/aromatic N) is 3. The Kier molecular flexibility index (Phi) is 15.4. The van der Waals surface area contributed by atoms with Gasteiger partial charge in [-0.1, -0.05) is 0 Å². The Bertz CT molecular complexity index is 1140. The first-order chi connectivity index (χ1) is 21.2. The molecule has 1 atom stereocenters. The van der Waals surface area contributed by atoms with Crippen LogP contribution in [-0.2, 0) is 25.4 Å². The molecule has 1 unspecified atom stereocenters. The lowest BCUT2D eigenvalue weighted by molar-refractivity contribution is -0.138. The highest BCUT2D eigenvalue weighted by molar-refractivity contribution is 5.88. The molecule has 1 aromatic heterocycles. The van der Waals surface area contributed by atoms with Crippen molar-refractivity contribution in [2.45, 2.75) is 52.0 Å². The summed E-state index contributed by atoms with van der Waals surface area (Å²) in [5.41, 5.74) is 6.81. The van der Waals surface area contributed by atoms with Gasteiger partial charge in [0, 0.05) is 37.9 Å². The summed E-state index contributed by atoms with van der Waals surface area (Å²) in [5.74, 6) is -0.949. The Morgan fingerprint density at radius 1 is 0.909 bits per heavy atom. The number of aryl methyl sites for hydroxylation is 2. The number of hydrogen-bond acceptors (Lipinski definition) is 11. The van der Waals surface area contributed by atoms with Crippen LogP contribution >= 0.6 is 0 Å². The van der Waals surface area contributed by atoms with Gasteiger partial charge in [0.2, 0.25) is 0 Å². The lowest BCUT2D eigenvalue weighted by Crippen LogP contribution is -2.40. The number of H-pyrrole nitrogens is 1. The van der Waals surface area contributed by atoms with E-state index in [4.69, 9.17) is 28.8 Å². The number of hydrogen-bond donors (Lipinski definition) is 4. The maximum atomic E-state index is 11.7. The highest BCUT2D eigenvalue weighted by atomic mass is 16.5. The van der Waals surface area contributed by atoms with Crippen molar-refractivity contribution in [1.82, 2.24) is 25.7 Å². The molecule has 2 aromatic rings. The Labute approximate surface area is 258 Å². The second kappa shape index (κ2) is 19.2. The summed E-state index contributed by atoms with van der Waals surface area (Å²) < 4.78 is 28.0. The molecule has 0 bridgehead atoms. The maximum absolute atomic E-state index is 11.7. The van der Waals surface area contributed by atoms with Crippen molar-refractivity contribution in [3.05, 3.63) is 40.7 Å². The number of rotatable bonds is 23. The van der Waals surface area contributed by atoms with Crippen molar-refractivity contribution in [3.63, 3.8) is 0 Å². The Morgan fingerprint density at radius 3 is 2.16 bits per heavy atom. The van der Waals surface area contributed by atoms with E-state index in [-0.39, 0.29) is 24.6 Å². The summed E-state index contributed by atoms with van der Waals surface area (Å²) in [6.07, 6.45) is 3.29. The molecule has 14 nitrogen and oxygen atoms in total. The van der Waals surface area contributed by atoms with Crippen molar-refractivity contribution >= 4 is 11.9 Å². The van der Waals surface area contributed by atoms with Crippen LogP contribution in [0, 0.1) is 13.8 Å². The molecule has 0 spiro atoms. The molecule has 0 aliphatic carbocycles. The van der Waals surface area contributed by atoms with Gasteiger partial charge in [-0.3, -0.25) is 9.89 Å². The minimum atomic E-state index is -1.03. The number of hydrazine groups is 2. The van der Waals surface area contributed by atoms with Crippen LogP contribution in [0.15, 0.2) is 18.2 Å². The predicted octanol–water partition coefficient (Wildman–Crippen LogP) is 2.46. The molecule has 0 radical (unpaired) electrons. The average molecular weight is 622 g/mol. The summed E-state index contributed by atoms with van der Waals surface area (Å²) >= 11 is 0. The lowest BCUT2D eigenvalue weighted by Gasteiger charge is -2.22. The number of carboxylic acids is 2. The molecule has 4 N–H and O–H groups in total. The van der Waals surface area contributed by atoms with E-state index in [9.17, 15) is 14.7 Å². The number of aromatic carboxylic acids is 1. The molecule has 0 amide bonds. The number of carboxylic acid groups (broad SMARTS) is 2. The van der Waals surface area contributed by atoms with Crippen molar-refractivity contribution in [2.75, 3.05) is 73.0 Å². The van der Waals surface area contributed by atoms with Crippen molar-refractivity contribution in [1.29, 1.82) is 0 Å². The topological polar surface area (TPSA) is 168 Å². The van der Waals surface area contributed by atoms with E-state index in [1.54, 1.807) is 6.07 Å². The largest absolute Gasteiger partial charge is 0.493 e. The highest BCUT2D eigenvalue weighted by Gasteiger charge is 2.26. The number of aliphatic carboxylic acids is 1. The van der Waals surface area contributed by atoms with Crippen LogP contribution in [-0.4, -0.2) is 122 Å². The number of aromatic amines is 1. The summed E-state index contributed by atoms with van der Waals surface area (Å²) in [6.45, 7) is 8.90. The van der Waals surface area contributed by atoms with Gasteiger partial charge in [-0.2, -0.15) is 10.2 Å². The third-order valence-electron chi connectivity index (χ3n) is 7.14. The van der Waals surface area contributed by atoms with Crippen LogP contribution in [0.4, 0.5) is 0 Å². The van der Waals surface area contributed by atoms with E-state index >= 15 is 0 Å². The Morgan fingerprint density at radius 2 is 1.55 bits per heavy atom. The second-order valence-electron chi connectivity index (χ2n) is 10.6. The van der Waals surface area contributed by atoms with Crippen LogP contribution in [0.25, 0.3) is 0 Å². The van der Waals surface area contributed by atoms with Crippen LogP contribution in [0.1, 0.15) is 53.0 Å². The van der Waals surface area contributed by atoms with Gasteiger partial charge in [-0.25, -0.2) is 15.2 Å². The fraction of sp³-hybridized carbons (Fsp3) is 0.633. The van der Waals surface area contributed by atoms with Gasteiger partial charge in [0.15, 0.2) is 0 Å². The van der Waals surface area contributed by atoms with Crippen LogP contribution < -0.4 is 14.9 Å². The summed E-state index contributed by atoms with van der Waals surface area (Å²) in [4.78, 5) is 22.1. The number of aromatic nitrogens is 2. The molecule has 44 heavy (non-hydrogen) atoms. The highest BCUT2D eigenvalue weighted by Crippen LogP contribution is 2.24. The molecule has 0 saturated carbocycles. The quantitative estimate of drug-likeness (QED) is 0.134. The van der Waals surface area contributed by atoms with E-state index in [1.165, 1.54) is 17.7 Å². The smallest absolute Gasteiger partial charge is 0.335 e. The summed E-state index contributed by atoms with van der Waals surface area (Å²) in [6, 6.07) is 5.05. The van der Waals surface area contributed by atoms with E-state index in [0.717, 1.165) is 50.2 Å². The normalized spacial score (nSPS) is 15.6. The molecule has 1 fully saturated rings. The monoisotopic (exact) mass is 621 g/mol. The van der Waals surface area contributed by atoms with E-state index in [1.807, 2.05) is 26.0 Å². The molecule has 3 rings (SSSR count). The molecule has 2 heterocycles. The number of benzene rings is 1. The standard InChI is InChI=1S/C30H47N5O9/c1-22-28(23(2)32-31-22)7-5-11-44-27-19-24(30(38)39)18-26(20-27)43-10-4-6-25-21-35(34(3)33-25)9-13-41-15-17-42-16-14-40-12-8-29(36)37/h18-20,25,33H,4-17,21H2,1-3H3,(H,31,32)(H,36,37)(H,38,39). The summed E-state index contributed by atoms with van der Waals surface area (Å²) in [5, 5.41) is 29.5. The minimum Gasteiger partial charge on any atom is -0.493 e. The molecular weight excluding hydrogens is 574 g/mol. The third-order valence-corrected chi connectivity index (χ3v) is 7.14. The van der Waals surface area contributed by atoms with Crippen LogP contribution in [0.3, 0.4) is 0 Å². The van der Waals surface area contributed by atoms with Crippen molar-refractivity contribution < 1.29 is 43.5 Å². The van der Waals surface area contributed by atoms with Crippen LogP contribution in [0.5, 0.6) is 11.5 Å². The molecule has 1 aliphatic rings. The van der Waals surface area contributed by atoms with E-state index < -0.39 is 11.9 Å². The first-order valence-electron chi connectivity index (χ1n) is 15.1. The average Bonchev–Trinajstić information content (AvgIpc) is 3.51. The molecule has 1 aromatic carbocycles. The molecule has 246 valence electrons. The lowest BCUT2D eigenvalue weighted by atomic mass is 10.1. The van der Waals surface area contributed by atoms with E-state index in [0.29, 0.717) is 57.7 Å². The third kappa shape index (κ3) is 12.8. The molecule has 14 heteroatoms.